The lowest BCUT2D eigenvalue weighted by molar-refractivity contribution is -0.145. The van der Waals surface area contributed by atoms with Crippen LogP contribution < -0.4 is 9.47 Å². The van der Waals surface area contributed by atoms with Gasteiger partial charge in [-0.3, -0.25) is 19.2 Å². The topological polar surface area (TPSA) is 130 Å². The number of hydrogen-bond donors (Lipinski definition) is 0. The fourth-order valence-electron chi connectivity index (χ4n) is 4.44. The molecule has 0 atom stereocenters. The third-order valence-electron chi connectivity index (χ3n) is 7.16. The third kappa shape index (κ3) is 24.9. The second-order valence-corrected chi connectivity index (χ2v) is 11.3. The van der Waals surface area contributed by atoms with E-state index < -0.39 is 0 Å². The van der Waals surface area contributed by atoms with Crippen molar-refractivity contribution in [3.63, 3.8) is 0 Å². The molecule has 0 aliphatic rings. The van der Waals surface area contributed by atoms with Gasteiger partial charge in [0, 0.05) is 65.0 Å². The van der Waals surface area contributed by atoms with Gasteiger partial charge in [-0.2, -0.15) is 0 Å². The Bertz CT molecular complexity index is 1180. The number of carbonyl (C=O) groups excluding carboxylic acids is 4. The van der Waals surface area contributed by atoms with Crippen molar-refractivity contribution in [2.75, 3.05) is 78.9 Å². The van der Waals surface area contributed by atoms with Crippen LogP contribution in [-0.4, -0.2) is 113 Å². The van der Waals surface area contributed by atoms with E-state index in [9.17, 15) is 19.2 Å². The van der Waals surface area contributed by atoms with Crippen molar-refractivity contribution < 1.29 is 47.6 Å². The van der Waals surface area contributed by atoms with Crippen LogP contribution >= 0.6 is 0 Å². The van der Waals surface area contributed by atoms with Crippen LogP contribution in [0.5, 0.6) is 11.5 Å². The minimum absolute atomic E-state index is 0.168. The molecule has 0 radical (unpaired) electrons. The molecule has 0 aromatic heterocycles. The van der Waals surface area contributed by atoms with E-state index in [1.54, 1.807) is 0 Å². The molecule has 0 unspecified atom stereocenters. The number of terminal acetylenes is 4. The van der Waals surface area contributed by atoms with Crippen molar-refractivity contribution in [1.29, 1.82) is 0 Å². The third-order valence-corrected chi connectivity index (χ3v) is 7.16. The predicted molar refractivity (Wildman–Crippen MR) is 196 cm³/mol. The van der Waals surface area contributed by atoms with Crippen LogP contribution in [0, 0.1) is 49.4 Å². The first-order valence-corrected chi connectivity index (χ1v) is 17.5. The minimum Gasteiger partial charge on any atom is -0.494 e. The standard InChI is InChI=1S/C40H52N2O10/c1-5-9-29-49-37(43)19-25-41(26-20-38(44)50-30-10-6-2)23-13-33-47-35-15-17-36(18-16-35)48-34-14-24-42(27-21-39(45)51-31-11-7-3)28-22-40(46)52-32-12-8-4/h1-4,15-18H,9-14,19-34H2. The van der Waals surface area contributed by atoms with Gasteiger partial charge in [-0.15, -0.1) is 49.4 Å². The highest BCUT2D eigenvalue weighted by Crippen LogP contribution is 2.18. The molecule has 12 nitrogen and oxygen atoms in total. The van der Waals surface area contributed by atoms with Crippen molar-refractivity contribution in [3.8, 4) is 60.9 Å². The lowest BCUT2D eigenvalue weighted by atomic mass is 10.3. The van der Waals surface area contributed by atoms with Gasteiger partial charge in [0.1, 0.15) is 37.9 Å². The van der Waals surface area contributed by atoms with Gasteiger partial charge in [0.25, 0.3) is 0 Å². The van der Waals surface area contributed by atoms with Gasteiger partial charge in [0.2, 0.25) is 0 Å². The van der Waals surface area contributed by atoms with E-state index in [1.807, 2.05) is 34.1 Å². The largest absolute Gasteiger partial charge is 0.494 e. The maximum absolute atomic E-state index is 12.1. The molecule has 0 bridgehead atoms. The van der Waals surface area contributed by atoms with Crippen molar-refractivity contribution in [1.82, 2.24) is 9.80 Å². The first-order chi connectivity index (χ1) is 25.3. The smallest absolute Gasteiger partial charge is 0.307 e. The molecule has 0 heterocycles. The maximum Gasteiger partial charge on any atom is 0.307 e. The Morgan fingerprint density at radius 1 is 0.442 bits per heavy atom. The van der Waals surface area contributed by atoms with Crippen LogP contribution in [0.15, 0.2) is 24.3 Å². The van der Waals surface area contributed by atoms with Crippen LogP contribution in [0.1, 0.15) is 64.2 Å². The molecule has 0 spiro atoms. The lowest BCUT2D eigenvalue weighted by Gasteiger charge is -2.22. The predicted octanol–water partition coefficient (Wildman–Crippen LogP) is 3.65. The van der Waals surface area contributed by atoms with E-state index in [0.717, 1.165) is 0 Å². The van der Waals surface area contributed by atoms with E-state index in [4.69, 9.17) is 54.1 Å². The Kier molecular flexibility index (Phi) is 26.5. The van der Waals surface area contributed by atoms with Gasteiger partial charge in [0.15, 0.2) is 0 Å². The molecule has 1 aromatic rings. The first kappa shape index (κ1) is 44.9. The van der Waals surface area contributed by atoms with Gasteiger partial charge in [-0.05, 0) is 37.1 Å². The van der Waals surface area contributed by atoms with Crippen LogP contribution in [0.3, 0.4) is 0 Å². The van der Waals surface area contributed by atoms with Crippen LogP contribution in [0.2, 0.25) is 0 Å². The molecule has 1 aromatic carbocycles. The van der Waals surface area contributed by atoms with Gasteiger partial charge in [0.05, 0.1) is 38.9 Å². The number of esters is 4. The summed E-state index contributed by atoms with van der Waals surface area (Å²) in [5.74, 6) is 9.64. The molecular weight excluding hydrogens is 668 g/mol. The molecule has 0 N–H and O–H groups in total. The zero-order chi connectivity index (χ0) is 38.1. The summed E-state index contributed by atoms with van der Waals surface area (Å²) >= 11 is 0. The summed E-state index contributed by atoms with van der Waals surface area (Å²) in [5.41, 5.74) is 0. The molecular formula is C40H52N2O10. The molecule has 0 aliphatic carbocycles. The van der Waals surface area contributed by atoms with Crippen LogP contribution in [0.25, 0.3) is 0 Å². The lowest BCUT2D eigenvalue weighted by Crippen LogP contribution is -2.31. The highest BCUT2D eigenvalue weighted by atomic mass is 16.5. The summed E-state index contributed by atoms with van der Waals surface area (Å²) in [6.45, 7) is 4.37. The van der Waals surface area contributed by atoms with Gasteiger partial charge >= 0.3 is 23.9 Å². The van der Waals surface area contributed by atoms with E-state index in [0.29, 0.717) is 103 Å². The van der Waals surface area contributed by atoms with Crippen molar-refractivity contribution in [2.45, 2.75) is 64.2 Å². The Morgan fingerprint density at radius 3 is 0.962 bits per heavy atom. The van der Waals surface area contributed by atoms with Gasteiger partial charge in [-0.25, -0.2) is 0 Å². The van der Waals surface area contributed by atoms with Crippen LogP contribution in [-0.2, 0) is 38.1 Å². The van der Waals surface area contributed by atoms with Crippen molar-refractivity contribution >= 4 is 23.9 Å². The Hall–Kier alpha value is -5.14. The van der Waals surface area contributed by atoms with E-state index >= 15 is 0 Å². The monoisotopic (exact) mass is 720 g/mol. The number of nitrogens with zero attached hydrogens (tertiary/aromatic N) is 2. The number of carbonyl (C=O) groups is 4. The summed E-state index contributed by atoms with van der Waals surface area (Å²) in [4.78, 5) is 52.2. The normalized spacial score (nSPS) is 10.3. The zero-order valence-electron chi connectivity index (χ0n) is 30.2. The molecule has 0 saturated carbocycles. The number of benzene rings is 1. The SMILES string of the molecule is C#CCCOC(=O)CCN(CCCOc1ccc(OCCCN(CCC(=O)OCCC#C)CCC(=O)OCCC#C)cc1)CCC(=O)OCCC#C. The molecule has 52 heavy (non-hydrogen) atoms. The summed E-state index contributed by atoms with van der Waals surface area (Å²) in [7, 11) is 0. The zero-order valence-corrected chi connectivity index (χ0v) is 30.2. The molecule has 0 aliphatic heterocycles. The molecule has 0 amide bonds. The second kappa shape index (κ2) is 30.7. The minimum atomic E-state index is -0.350. The summed E-state index contributed by atoms with van der Waals surface area (Å²) in [5, 5.41) is 0. The number of ether oxygens (including phenoxy) is 6. The fraction of sp³-hybridized carbons (Fsp3) is 0.550. The molecule has 1 rings (SSSR count). The molecule has 0 fully saturated rings. The van der Waals surface area contributed by atoms with E-state index in [1.165, 1.54) is 0 Å². The Labute approximate surface area is 309 Å². The first-order valence-electron chi connectivity index (χ1n) is 17.5. The molecule has 12 heteroatoms. The Balaban J connectivity index is 2.51. The number of rotatable bonds is 30. The summed E-state index contributed by atoms with van der Waals surface area (Å²) in [6, 6.07) is 7.26. The summed E-state index contributed by atoms with van der Waals surface area (Å²) in [6.07, 6.45) is 24.2. The van der Waals surface area contributed by atoms with Gasteiger partial charge in [-0.1, -0.05) is 0 Å². The van der Waals surface area contributed by atoms with Crippen molar-refractivity contribution in [2.24, 2.45) is 0 Å². The van der Waals surface area contributed by atoms with Gasteiger partial charge < -0.3 is 38.2 Å². The van der Waals surface area contributed by atoms with E-state index in [-0.39, 0.29) is 76.0 Å². The Morgan fingerprint density at radius 2 is 0.712 bits per heavy atom. The summed E-state index contributed by atoms with van der Waals surface area (Å²) < 4.78 is 32.3. The average molecular weight is 721 g/mol. The average Bonchev–Trinajstić information content (AvgIpc) is 3.14. The van der Waals surface area contributed by atoms with Crippen molar-refractivity contribution in [3.05, 3.63) is 24.3 Å². The highest BCUT2D eigenvalue weighted by Gasteiger charge is 2.14. The van der Waals surface area contributed by atoms with Crippen LogP contribution in [0.4, 0.5) is 0 Å². The molecule has 282 valence electrons. The quantitative estimate of drug-likeness (QED) is 0.0498. The number of hydrogen-bond acceptors (Lipinski definition) is 12. The fourth-order valence-corrected chi connectivity index (χ4v) is 4.44. The van der Waals surface area contributed by atoms with E-state index in [2.05, 4.69) is 23.7 Å². The highest BCUT2D eigenvalue weighted by molar-refractivity contribution is 5.71. The second-order valence-electron chi connectivity index (χ2n) is 11.3. The maximum atomic E-state index is 12.1. The molecule has 0 saturated heterocycles.